The fourth-order valence-corrected chi connectivity index (χ4v) is 4.83. The number of carbonyl (C=O) groups is 2. The molecule has 2 saturated heterocycles. The predicted octanol–water partition coefficient (Wildman–Crippen LogP) is 2.02. The van der Waals surface area contributed by atoms with E-state index in [9.17, 15) is 18.4 Å². The number of hydrogen-bond acceptors (Lipinski definition) is 4. The number of nitrogens with zero attached hydrogens (tertiary/aromatic N) is 2. The average molecular weight is 428 g/mol. The predicted molar refractivity (Wildman–Crippen MR) is 109 cm³/mol. The standard InChI is InChI=1S/C21H35F2N5O2/c1-2-5-20(22,23)12-16(17(29)26-21(24)6-7-21)25-18(30)28-13-19(14-28)8-10-27(11-9-19)15-3-4-15/h15-16H,2-14,24H2,1H3,(H,25,30)(H,26,29)/t16-/m0/s1. The molecule has 2 heterocycles. The van der Waals surface area contributed by atoms with E-state index in [2.05, 4.69) is 15.5 Å². The Labute approximate surface area is 177 Å². The van der Waals surface area contributed by atoms with E-state index in [0.717, 1.165) is 32.0 Å². The van der Waals surface area contributed by atoms with Gasteiger partial charge in [-0.1, -0.05) is 13.3 Å². The SMILES string of the molecule is CCCC(F)(F)C[C@H](NC(=O)N1CC2(CCN(C3CC3)CC2)C1)C(=O)NC1(N)CC1. The van der Waals surface area contributed by atoms with E-state index in [1.54, 1.807) is 11.8 Å². The third-order valence-electron chi connectivity index (χ3n) is 7.16. The molecular weight excluding hydrogens is 392 g/mol. The molecule has 2 aliphatic carbocycles. The Bertz CT molecular complexity index is 664. The van der Waals surface area contributed by atoms with Gasteiger partial charge in [0, 0.05) is 37.4 Å². The molecule has 0 aromatic rings. The molecule has 0 aromatic carbocycles. The molecule has 0 aromatic heterocycles. The van der Waals surface area contributed by atoms with Gasteiger partial charge in [-0.15, -0.1) is 0 Å². The molecule has 0 bridgehead atoms. The minimum Gasteiger partial charge on any atom is -0.336 e. The quantitative estimate of drug-likeness (QED) is 0.517. The lowest BCUT2D eigenvalue weighted by Crippen LogP contribution is -2.65. The minimum atomic E-state index is -3.01. The third-order valence-corrected chi connectivity index (χ3v) is 7.16. The zero-order valence-corrected chi connectivity index (χ0v) is 17.9. The fraction of sp³-hybridized carbons (Fsp3) is 0.905. The van der Waals surface area contributed by atoms with Gasteiger partial charge in [0.15, 0.2) is 0 Å². The van der Waals surface area contributed by atoms with Crippen molar-refractivity contribution in [1.29, 1.82) is 0 Å². The van der Waals surface area contributed by atoms with Gasteiger partial charge >= 0.3 is 6.03 Å². The lowest BCUT2D eigenvalue weighted by atomic mass is 9.72. The van der Waals surface area contributed by atoms with Crippen molar-refractivity contribution >= 4 is 11.9 Å². The molecule has 2 saturated carbocycles. The lowest BCUT2D eigenvalue weighted by molar-refractivity contribution is -0.127. The summed E-state index contributed by atoms with van der Waals surface area (Å²) in [5.74, 6) is -3.63. The van der Waals surface area contributed by atoms with Crippen LogP contribution in [-0.2, 0) is 4.79 Å². The Morgan fingerprint density at radius 2 is 1.80 bits per heavy atom. The highest BCUT2D eigenvalue weighted by Gasteiger charge is 2.49. The zero-order chi connectivity index (χ0) is 21.6. The molecule has 4 fully saturated rings. The number of amides is 3. The zero-order valence-electron chi connectivity index (χ0n) is 17.9. The van der Waals surface area contributed by atoms with Crippen LogP contribution in [0.2, 0.25) is 0 Å². The maximum Gasteiger partial charge on any atom is 0.318 e. The van der Waals surface area contributed by atoms with Gasteiger partial charge in [-0.05, 0) is 51.6 Å². The van der Waals surface area contributed by atoms with Gasteiger partial charge in [0.25, 0.3) is 5.92 Å². The van der Waals surface area contributed by atoms with Gasteiger partial charge < -0.3 is 26.2 Å². The molecule has 0 radical (unpaired) electrons. The second-order valence-electron chi connectivity index (χ2n) is 10.1. The first kappa shape index (κ1) is 21.7. The molecule has 1 atom stereocenters. The van der Waals surface area contributed by atoms with Crippen molar-refractivity contribution in [1.82, 2.24) is 20.4 Å². The van der Waals surface area contributed by atoms with Gasteiger partial charge in [-0.3, -0.25) is 4.79 Å². The van der Waals surface area contributed by atoms with Crippen LogP contribution in [0.3, 0.4) is 0 Å². The van der Waals surface area contributed by atoms with Crippen LogP contribution in [-0.4, -0.2) is 71.6 Å². The fourth-order valence-electron chi connectivity index (χ4n) is 4.83. The largest absolute Gasteiger partial charge is 0.336 e. The first-order valence-electron chi connectivity index (χ1n) is 11.4. The molecule has 4 aliphatic rings. The maximum absolute atomic E-state index is 14.2. The molecule has 30 heavy (non-hydrogen) atoms. The van der Waals surface area contributed by atoms with E-state index in [0.29, 0.717) is 32.4 Å². The van der Waals surface area contributed by atoms with Crippen LogP contribution in [0.1, 0.15) is 64.7 Å². The summed E-state index contributed by atoms with van der Waals surface area (Å²) in [6.07, 6.45) is 5.28. The Kier molecular flexibility index (Phi) is 5.72. The van der Waals surface area contributed by atoms with E-state index >= 15 is 0 Å². The van der Waals surface area contributed by atoms with Gasteiger partial charge in [-0.2, -0.15) is 0 Å². The number of hydrogen-bond donors (Lipinski definition) is 3. The molecule has 170 valence electrons. The molecule has 4 N–H and O–H groups in total. The summed E-state index contributed by atoms with van der Waals surface area (Å²) in [5, 5.41) is 5.19. The number of urea groups is 1. The normalized spacial score (nSPS) is 26.1. The van der Waals surface area contributed by atoms with E-state index in [-0.39, 0.29) is 11.8 Å². The van der Waals surface area contributed by atoms with Gasteiger partial charge in [0.1, 0.15) is 6.04 Å². The highest BCUT2D eigenvalue weighted by molar-refractivity contribution is 5.88. The van der Waals surface area contributed by atoms with Crippen molar-refractivity contribution in [2.24, 2.45) is 11.1 Å². The summed E-state index contributed by atoms with van der Waals surface area (Å²) >= 11 is 0. The summed E-state index contributed by atoms with van der Waals surface area (Å²) < 4.78 is 28.5. The van der Waals surface area contributed by atoms with Crippen molar-refractivity contribution in [3.05, 3.63) is 0 Å². The molecular formula is C21H35F2N5O2. The second-order valence-corrected chi connectivity index (χ2v) is 10.1. The van der Waals surface area contributed by atoms with Crippen LogP contribution in [0.4, 0.5) is 13.6 Å². The third kappa shape index (κ3) is 5.04. The number of likely N-dealkylation sites (tertiary alicyclic amines) is 2. The summed E-state index contributed by atoms with van der Waals surface area (Å²) in [5.41, 5.74) is 5.26. The van der Waals surface area contributed by atoms with Crippen molar-refractivity contribution in [2.75, 3.05) is 26.2 Å². The highest BCUT2D eigenvalue weighted by atomic mass is 19.3. The van der Waals surface area contributed by atoms with Crippen LogP contribution >= 0.6 is 0 Å². The molecule has 7 nitrogen and oxygen atoms in total. The average Bonchev–Trinajstić information content (AvgIpc) is 3.56. The Morgan fingerprint density at radius 3 is 2.33 bits per heavy atom. The van der Waals surface area contributed by atoms with E-state index in [4.69, 9.17) is 5.73 Å². The number of rotatable bonds is 8. The van der Waals surface area contributed by atoms with Crippen molar-refractivity contribution in [3.8, 4) is 0 Å². The molecule has 1 spiro atoms. The molecule has 0 unspecified atom stereocenters. The lowest BCUT2D eigenvalue weighted by Gasteiger charge is -2.54. The highest BCUT2D eigenvalue weighted by Crippen LogP contribution is 2.43. The molecule has 2 aliphatic heterocycles. The van der Waals surface area contributed by atoms with Gasteiger partial charge in [0.05, 0.1) is 5.66 Å². The topological polar surface area (TPSA) is 90.7 Å². The van der Waals surface area contributed by atoms with Crippen LogP contribution in [0.5, 0.6) is 0 Å². The van der Waals surface area contributed by atoms with E-state index in [1.165, 1.54) is 12.8 Å². The summed E-state index contributed by atoms with van der Waals surface area (Å²) in [6.45, 7) is 5.10. The van der Waals surface area contributed by atoms with Gasteiger partial charge in [0.2, 0.25) is 5.91 Å². The molecule has 4 rings (SSSR count). The maximum atomic E-state index is 14.2. The minimum absolute atomic E-state index is 0.155. The Balaban J connectivity index is 1.30. The number of nitrogens with two attached hydrogens (primary N) is 1. The van der Waals surface area contributed by atoms with E-state index in [1.807, 2.05) is 0 Å². The van der Waals surface area contributed by atoms with Crippen LogP contribution in [0.15, 0.2) is 0 Å². The summed E-state index contributed by atoms with van der Waals surface area (Å²) in [4.78, 5) is 29.5. The van der Waals surface area contributed by atoms with Crippen LogP contribution < -0.4 is 16.4 Å². The summed E-state index contributed by atoms with van der Waals surface area (Å²) in [7, 11) is 0. The molecule has 9 heteroatoms. The van der Waals surface area contributed by atoms with Crippen molar-refractivity contribution < 1.29 is 18.4 Å². The number of carbonyl (C=O) groups excluding carboxylic acids is 2. The number of piperidine rings is 1. The number of halogens is 2. The smallest absolute Gasteiger partial charge is 0.318 e. The second kappa shape index (κ2) is 7.89. The van der Waals surface area contributed by atoms with Crippen LogP contribution in [0, 0.1) is 5.41 Å². The Hall–Kier alpha value is -1.48. The first-order valence-corrected chi connectivity index (χ1v) is 11.4. The van der Waals surface area contributed by atoms with E-state index < -0.39 is 36.0 Å². The monoisotopic (exact) mass is 427 g/mol. The van der Waals surface area contributed by atoms with Crippen molar-refractivity contribution in [2.45, 2.75) is 88.4 Å². The summed E-state index contributed by atoms with van der Waals surface area (Å²) in [6, 6.07) is -0.948. The number of alkyl halides is 2. The van der Waals surface area contributed by atoms with Gasteiger partial charge in [-0.25, -0.2) is 13.6 Å². The Morgan fingerprint density at radius 1 is 1.17 bits per heavy atom. The first-order chi connectivity index (χ1) is 14.1. The number of nitrogens with one attached hydrogen (secondary N) is 2. The molecule has 3 amide bonds. The van der Waals surface area contributed by atoms with Crippen molar-refractivity contribution in [3.63, 3.8) is 0 Å². The van der Waals surface area contributed by atoms with Crippen LogP contribution in [0.25, 0.3) is 0 Å².